The van der Waals surface area contributed by atoms with E-state index in [-0.39, 0.29) is 12.6 Å². The number of hydrogen-bond donors (Lipinski definition) is 1. The Morgan fingerprint density at radius 2 is 2.21 bits per heavy atom. The fourth-order valence-corrected chi connectivity index (χ4v) is 2.16. The van der Waals surface area contributed by atoms with Crippen LogP contribution in [-0.2, 0) is 0 Å². The van der Waals surface area contributed by atoms with Crippen molar-refractivity contribution in [3.8, 4) is 0 Å². The summed E-state index contributed by atoms with van der Waals surface area (Å²) < 4.78 is 5.41. The van der Waals surface area contributed by atoms with Crippen molar-refractivity contribution in [1.82, 2.24) is 4.90 Å². The first-order valence-electron chi connectivity index (χ1n) is 5.30. The van der Waals surface area contributed by atoms with Gasteiger partial charge in [0.05, 0.1) is 12.3 Å². The van der Waals surface area contributed by atoms with E-state index >= 15 is 0 Å². The Kier molecular flexibility index (Phi) is 3.22. The van der Waals surface area contributed by atoms with Gasteiger partial charge >= 0.3 is 0 Å². The average molecular weight is 195 g/mol. The predicted molar refractivity (Wildman–Crippen MR) is 54.0 cm³/mol. The summed E-state index contributed by atoms with van der Waals surface area (Å²) in [4.78, 5) is 2.40. The number of furan rings is 1. The van der Waals surface area contributed by atoms with Crippen molar-refractivity contribution in [2.45, 2.75) is 25.3 Å². The van der Waals surface area contributed by atoms with Gasteiger partial charge in [-0.05, 0) is 44.5 Å². The van der Waals surface area contributed by atoms with Gasteiger partial charge in [0.25, 0.3) is 0 Å². The van der Waals surface area contributed by atoms with Crippen LogP contribution in [0.1, 0.15) is 31.1 Å². The second-order valence-corrected chi connectivity index (χ2v) is 3.79. The molecule has 0 aromatic carbocycles. The minimum atomic E-state index is 0.224. The van der Waals surface area contributed by atoms with Crippen LogP contribution < -0.4 is 0 Å². The molecule has 2 heterocycles. The highest BCUT2D eigenvalue weighted by Crippen LogP contribution is 2.27. The van der Waals surface area contributed by atoms with Crippen molar-refractivity contribution in [3.63, 3.8) is 0 Å². The second-order valence-electron chi connectivity index (χ2n) is 3.79. The molecule has 1 aliphatic rings. The first-order chi connectivity index (χ1) is 6.92. The zero-order valence-corrected chi connectivity index (χ0v) is 8.35. The molecule has 0 radical (unpaired) electrons. The van der Waals surface area contributed by atoms with Gasteiger partial charge in [0.15, 0.2) is 0 Å². The maximum absolute atomic E-state index is 9.03. The van der Waals surface area contributed by atoms with Crippen LogP contribution in [0.25, 0.3) is 0 Å². The summed E-state index contributed by atoms with van der Waals surface area (Å²) in [5, 5.41) is 9.03. The third kappa shape index (κ3) is 1.99. The molecule has 3 nitrogen and oxygen atoms in total. The second kappa shape index (κ2) is 4.62. The van der Waals surface area contributed by atoms with Gasteiger partial charge in [0, 0.05) is 6.61 Å². The van der Waals surface area contributed by atoms with Crippen LogP contribution in [-0.4, -0.2) is 29.7 Å². The van der Waals surface area contributed by atoms with Crippen molar-refractivity contribution in [3.05, 3.63) is 24.2 Å². The van der Waals surface area contributed by atoms with Crippen LogP contribution in [0.2, 0.25) is 0 Å². The van der Waals surface area contributed by atoms with Gasteiger partial charge in [-0.25, -0.2) is 0 Å². The summed E-state index contributed by atoms with van der Waals surface area (Å²) in [6.07, 6.45) is 5.01. The quantitative estimate of drug-likeness (QED) is 0.796. The lowest BCUT2D eigenvalue weighted by molar-refractivity contribution is 0.166. The summed E-state index contributed by atoms with van der Waals surface area (Å²) in [5.41, 5.74) is 0. The smallest absolute Gasteiger partial charge is 0.120 e. The van der Waals surface area contributed by atoms with Gasteiger partial charge in [0.2, 0.25) is 0 Å². The van der Waals surface area contributed by atoms with Crippen molar-refractivity contribution >= 4 is 0 Å². The van der Waals surface area contributed by atoms with E-state index in [2.05, 4.69) is 4.90 Å². The first kappa shape index (κ1) is 9.74. The summed E-state index contributed by atoms with van der Waals surface area (Å²) >= 11 is 0. The highest BCUT2D eigenvalue weighted by Gasteiger charge is 2.24. The largest absolute Gasteiger partial charge is 0.468 e. The number of rotatable bonds is 4. The molecule has 1 aromatic rings. The Morgan fingerprint density at radius 1 is 1.43 bits per heavy atom. The topological polar surface area (TPSA) is 36.6 Å². The highest BCUT2D eigenvalue weighted by molar-refractivity contribution is 5.05. The third-order valence-electron chi connectivity index (χ3n) is 2.86. The maximum atomic E-state index is 9.03. The maximum Gasteiger partial charge on any atom is 0.120 e. The van der Waals surface area contributed by atoms with Crippen LogP contribution in [0.3, 0.4) is 0 Å². The van der Waals surface area contributed by atoms with Crippen LogP contribution in [0.5, 0.6) is 0 Å². The normalized spacial score (nSPS) is 20.1. The van der Waals surface area contributed by atoms with Gasteiger partial charge < -0.3 is 9.52 Å². The average Bonchev–Trinajstić information content (AvgIpc) is 2.87. The summed E-state index contributed by atoms with van der Waals surface area (Å²) in [5.74, 6) is 0.987. The van der Waals surface area contributed by atoms with E-state index in [1.54, 1.807) is 6.26 Å². The molecule has 2 rings (SSSR count). The third-order valence-corrected chi connectivity index (χ3v) is 2.86. The number of nitrogens with zero attached hydrogens (tertiary/aromatic N) is 1. The van der Waals surface area contributed by atoms with Crippen LogP contribution in [0.4, 0.5) is 0 Å². The SMILES string of the molecule is OCCC(c1ccco1)N1CCCC1. The van der Waals surface area contributed by atoms with Gasteiger partial charge in [-0.2, -0.15) is 0 Å². The molecule has 1 aliphatic heterocycles. The Labute approximate surface area is 84.3 Å². The first-order valence-corrected chi connectivity index (χ1v) is 5.30. The summed E-state index contributed by atoms with van der Waals surface area (Å²) in [7, 11) is 0. The van der Waals surface area contributed by atoms with Crippen molar-refractivity contribution in [2.75, 3.05) is 19.7 Å². The fraction of sp³-hybridized carbons (Fsp3) is 0.636. The minimum absolute atomic E-state index is 0.224. The number of likely N-dealkylation sites (tertiary alicyclic amines) is 1. The predicted octanol–water partition coefficient (Wildman–Crippen LogP) is 1.80. The van der Waals surface area contributed by atoms with Crippen LogP contribution >= 0.6 is 0 Å². The van der Waals surface area contributed by atoms with E-state index in [1.165, 1.54) is 12.8 Å². The van der Waals surface area contributed by atoms with Gasteiger partial charge in [-0.15, -0.1) is 0 Å². The van der Waals surface area contributed by atoms with E-state index in [4.69, 9.17) is 9.52 Å². The van der Waals surface area contributed by atoms with E-state index in [9.17, 15) is 0 Å². The lowest BCUT2D eigenvalue weighted by Gasteiger charge is -2.24. The van der Waals surface area contributed by atoms with Gasteiger partial charge in [-0.3, -0.25) is 4.90 Å². The molecule has 1 unspecified atom stereocenters. The van der Waals surface area contributed by atoms with Crippen LogP contribution in [0.15, 0.2) is 22.8 Å². The molecule has 0 aliphatic carbocycles. The molecule has 14 heavy (non-hydrogen) atoms. The van der Waals surface area contributed by atoms with Gasteiger partial charge in [-0.1, -0.05) is 0 Å². The molecule has 1 N–H and O–H groups in total. The Balaban J connectivity index is 2.06. The zero-order valence-electron chi connectivity index (χ0n) is 8.35. The Hall–Kier alpha value is -0.800. The highest BCUT2D eigenvalue weighted by atomic mass is 16.3. The standard InChI is InChI=1S/C11H17NO2/c13-8-5-10(11-4-3-9-14-11)12-6-1-2-7-12/h3-4,9-10,13H,1-2,5-8H2. The summed E-state index contributed by atoms with van der Waals surface area (Å²) in [6, 6.07) is 4.19. The van der Waals surface area contributed by atoms with Gasteiger partial charge in [0.1, 0.15) is 5.76 Å². The van der Waals surface area contributed by atoms with Crippen molar-refractivity contribution < 1.29 is 9.52 Å². The number of hydrogen-bond acceptors (Lipinski definition) is 3. The summed E-state index contributed by atoms with van der Waals surface area (Å²) in [6.45, 7) is 2.48. The lowest BCUT2D eigenvalue weighted by Crippen LogP contribution is -2.26. The molecule has 1 aromatic heterocycles. The zero-order chi connectivity index (χ0) is 9.80. The molecule has 1 fully saturated rings. The van der Waals surface area contributed by atoms with Crippen molar-refractivity contribution in [1.29, 1.82) is 0 Å². The lowest BCUT2D eigenvalue weighted by atomic mass is 10.1. The molecule has 1 atom stereocenters. The molecule has 3 heteroatoms. The Bertz CT molecular complexity index is 252. The molecule has 0 bridgehead atoms. The monoisotopic (exact) mass is 195 g/mol. The van der Waals surface area contributed by atoms with Crippen molar-refractivity contribution in [2.24, 2.45) is 0 Å². The molecule has 0 saturated carbocycles. The van der Waals surface area contributed by atoms with Crippen LogP contribution in [0, 0.1) is 0 Å². The van der Waals surface area contributed by atoms with E-state index in [1.807, 2.05) is 12.1 Å². The Morgan fingerprint density at radius 3 is 2.79 bits per heavy atom. The number of aliphatic hydroxyl groups is 1. The fourth-order valence-electron chi connectivity index (χ4n) is 2.16. The molecular formula is C11H17NO2. The molecule has 1 saturated heterocycles. The molecular weight excluding hydrogens is 178 g/mol. The minimum Gasteiger partial charge on any atom is -0.468 e. The molecule has 0 spiro atoms. The van der Waals surface area contributed by atoms with E-state index < -0.39 is 0 Å². The van der Waals surface area contributed by atoms with E-state index in [0.717, 1.165) is 25.3 Å². The van der Waals surface area contributed by atoms with E-state index in [0.29, 0.717) is 0 Å². The molecule has 0 amide bonds. The molecule has 78 valence electrons. The number of aliphatic hydroxyl groups excluding tert-OH is 1.